The summed E-state index contributed by atoms with van der Waals surface area (Å²) in [5.74, 6) is -0.453. The molecule has 0 aliphatic carbocycles. The van der Waals surface area contributed by atoms with E-state index >= 15 is 0 Å². The summed E-state index contributed by atoms with van der Waals surface area (Å²) in [6, 6.07) is 5.74. The van der Waals surface area contributed by atoms with Crippen molar-refractivity contribution in [2.24, 2.45) is 5.92 Å². The average Bonchev–Trinajstić information content (AvgIpc) is 2.69. The van der Waals surface area contributed by atoms with E-state index in [0.717, 1.165) is 30.8 Å². The molecule has 1 N–H and O–H groups in total. The van der Waals surface area contributed by atoms with Crippen LogP contribution in [0.25, 0.3) is 0 Å². The van der Waals surface area contributed by atoms with Crippen molar-refractivity contribution in [3.63, 3.8) is 0 Å². The van der Waals surface area contributed by atoms with Gasteiger partial charge in [-0.3, -0.25) is 9.59 Å². The molecule has 1 atom stereocenters. The summed E-state index contributed by atoms with van der Waals surface area (Å²) >= 11 is 0. The number of nitrogens with one attached hydrogen (secondary N) is 1. The number of fused-ring (bicyclic) bond motifs is 1. The van der Waals surface area contributed by atoms with Gasteiger partial charge in [0, 0.05) is 6.54 Å². The molecule has 1 amide bonds. The molecule has 4 heteroatoms. The second-order valence-electron chi connectivity index (χ2n) is 5.36. The first kappa shape index (κ1) is 14.7. The minimum absolute atomic E-state index is 0.309. The SMILES string of the molecule is CCNCC(C)CN1C(=O)C(=O)c2cc(CC)ccc21. The van der Waals surface area contributed by atoms with E-state index in [1.807, 2.05) is 25.1 Å². The second kappa shape index (κ2) is 6.18. The van der Waals surface area contributed by atoms with Crippen LogP contribution in [-0.2, 0) is 11.2 Å². The van der Waals surface area contributed by atoms with E-state index in [2.05, 4.69) is 19.2 Å². The maximum Gasteiger partial charge on any atom is 0.299 e. The molecule has 1 aromatic rings. The van der Waals surface area contributed by atoms with Gasteiger partial charge in [-0.2, -0.15) is 0 Å². The molecule has 0 bridgehead atoms. The molecular formula is C16H22N2O2. The number of carbonyl (C=O) groups is 2. The lowest BCUT2D eigenvalue weighted by Gasteiger charge is -2.21. The Bertz CT molecular complexity index is 525. The fourth-order valence-electron chi connectivity index (χ4n) is 2.52. The Morgan fingerprint density at radius 3 is 2.65 bits per heavy atom. The lowest BCUT2D eigenvalue weighted by atomic mass is 10.1. The lowest BCUT2D eigenvalue weighted by Crippen LogP contribution is -2.36. The molecule has 0 aromatic heterocycles. The largest absolute Gasteiger partial charge is 0.317 e. The van der Waals surface area contributed by atoms with Crippen LogP contribution in [0.5, 0.6) is 0 Å². The molecule has 0 saturated heterocycles. The molecule has 0 fully saturated rings. The van der Waals surface area contributed by atoms with Crippen LogP contribution in [0.1, 0.15) is 36.7 Å². The van der Waals surface area contributed by atoms with Gasteiger partial charge >= 0.3 is 0 Å². The van der Waals surface area contributed by atoms with Crippen LogP contribution in [-0.4, -0.2) is 31.3 Å². The third-order valence-corrected chi connectivity index (χ3v) is 3.68. The Balaban J connectivity index is 2.20. The normalized spacial score (nSPS) is 15.7. The summed E-state index contributed by atoms with van der Waals surface area (Å²) in [7, 11) is 0. The molecule has 0 radical (unpaired) electrons. The number of nitrogens with zero attached hydrogens (tertiary/aromatic N) is 1. The van der Waals surface area contributed by atoms with Gasteiger partial charge in [0.1, 0.15) is 0 Å². The fraction of sp³-hybridized carbons (Fsp3) is 0.500. The first-order valence-electron chi connectivity index (χ1n) is 7.28. The van der Waals surface area contributed by atoms with Crippen molar-refractivity contribution in [3.8, 4) is 0 Å². The molecular weight excluding hydrogens is 252 g/mol. The Morgan fingerprint density at radius 1 is 1.25 bits per heavy atom. The molecule has 1 aliphatic rings. The predicted octanol–water partition coefficient (Wildman–Crippen LogP) is 2.02. The van der Waals surface area contributed by atoms with Gasteiger partial charge in [0.2, 0.25) is 0 Å². The summed E-state index contributed by atoms with van der Waals surface area (Å²) in [6.45, 7) is 8.51. The van der Waals surface area contributed by atoms with Crippen LogP contribution < -0.4 is 10.2 Å². The van der Waals surface area contributed by atoms with E-state index in [1.165, 1.54) is 0 Å². The van der Waals surface area contributed by atoms with Gasteiger partial charge < -0.3 is 10.2 Å². The highest BCUT2D eigenvalue weighted by Crippen LogP contribution is 2.30. The Morgan fingerprint density at radius 2 is 2.00 bits per heavy atom. The van der Waals surface area contributed by atoms with Crippen molar-refractivity contribution < 1.29 is 9.59 Å². The summed E-state index contributed by atoms with van der Waals surface area (Å²) in [4.78, 5) is 25.8. The highest BCUT2D eigenvalue weighted by atomic mass is 16.2. The zero-order valence-electron chi connectivity index (χ0n) is 12.4. The predicted molar refractivity (Wildman–Crippen MR) is 80.2 cm³/mol. The number of carbonyl (C=O) groups excluding carboxylic acids is 2. The van der Waals surface area contributed by atoms with E-state index in [0.29, 0.717) is 18.0 Å². The summed E-state index contributed by atoms with van der Waals surface area (Å²) in [6.07, 6.45) is 0.867. The van der Waals surface area contributed by atoms with Crippen molar-refractivity contribution in [2.75, 3.05) is 24.5 Å². The zero-order valence-corrected chi connectivity index (χ0v) is 12.4. The van der Waals surface area contributed by atoms with Crippen molar-refractivity contribution in [1.29, 1.82) is 0 Å². The average molecular weight is 274 g/mol. The van der Waals surface area contributed by atoms with Gasteiger partial charge in [0.25, 0.3) is 11.7 Å². The Hall–Kier alpha value is -1.68. The van der Waals surface area contributed by atoms with Gasteiger partial charge in [0.15, 0.2) is 0 Å². The number of ketones is 1. The third-order valence-electron chi connectivity index (χ3n) is 3.68. The fourth-order valence-corrected chi connectivity index (χ4v) is 2.52. The van der Waals surface area contributed by atoms with Crippen LogP contribution in [0.15, 0.2) is 18.2 Å². The minimum Gasteiger partial charge on any atom is -0.317 e. The van der Waals surface area contributed by atoms with Crippen LogP contribution in [0.3, 0.4) is 0 Å². The first-order valence-corrected chi connectivity index (χ1v) is 7.28. The number of amides is 1. The standard InChI is InChI=1S/C16H22N2O2/c1-4-12-6-7-14-13(8-12)15(19)16(20)18(14)10-11(3)9-17-5-2/h6-8,11,17H,4-5,9-10H2,1-3H3. The van der Waals surface area contributed by atoms with Gasteiger partial charge in [-0.05, 0) is 43.1 Å². The Kier molecular flexibility index (Phi) is 4.55. The molecule has 1 heterocycles. The number of aryl methyl sites for hydroxylation is 1. The number of hydrogen-bond donors (Lipinski definition) is 1. The summed E-state index contributed by atoms with van der Waals surface area (Å²) < 4.78 is 0. The maximum atomic E-state index is 12.1. The number of hydrogen-bond acceptors (Lipinski definition) is 3. The quantitative estimate of drug-likeness (QED) is 0.807. The number of benzene rings is 1. The molecule has 4 nitrogen and oxygen atoms in total. The van der Waals surface area contributed by atoms with Crippen molar-refractivity contribution in [1.82, 2.24) is 5.32 Å². The molecule has 1 aromatic carbocycles. The van der Waals surface area contributed by atoms with Crippen molar-refractivity contribution in [2.45, 2.75) is 27.2 Å². The van der Waals surface area contributed by atoms with E-state index < -0.39 is 5.91 Å². The molecule has 1 aliphatic heterocycles. The van der Waals surface area contributed by atoms with Crippen molar-refractivity contribution in [3.05, 3.63) is 29.3 Å². The smallest absolute Gasteiger partial charge is 0.299 e. The monoisotopic (exact) mass is 274 g/mol. The lowest BCUT2D eigenvalue weighted by molar-refractivity contribution is -0.114. The van der Waals surface area contributed by atoms with Gasteiger partial charge in [0.05, 0.1) is 11.3 Å². The van der Waals surface area contributed by atoms with Gasteiger partial charge in [-0.25, -0.2) is 0 Å². The maximum absolute atomic E-state index is 12.1. The first-order chi connectivity index (χ1) is 9.58. The van der Waals surface area contributed by atoms with E-state index in [4.69, 9.17) is 0 Å². The van der Waals surface area contributed by atoms with Crippen LogP contribution in [0.2, 0.25) is 0 Å². The highest BCUT2D eigenvalue weighted by molar-refractivity contribution is 6.52. The number of anilines is 1. The zero-order chi connectivity index (χ0) is 14.7. The number of rotatable bonds is 6. The Labute approximate surface area is 120 Å². The van der Waals surface area contributed by atoms with Gasteiger partial charge in [-0.15, -0.1) is 0 Å². The molecule has 20 heavy (non-hydrogen) atoms. The summed E-state index contributed by atoms with van der Waals surface area (Å²) in [5.41, 5.74) is 2.41. The van der Waals surface area contributed by atoms with Crippen LogP contribution in [0.4, 0.5) is 5.69 Å². The molecule has 108 valence electrons. The number of Topliss-reactive ketones (excluding diaryl/α,β-unsaturated/α-hetero) is 1. The highest BCUT2D eigenvalue weighted by Gasteiger charge is 2.36. The molecule has 1 unspecified atom stereocenters. The molecule has 0 spiro atoms. The van der Waals surface area contributed by atoms with Crippen LogP contribution in [0, 0.1) is 5.92 Å². The molecule has 2 rings (SSSR count). The minimum atomic E-state index is -0.392. The van der Waals surface area contributed by atoms with Crippen LogP contribution >= 0.6 is 0 Å². The van der Waals surface area contributed by atoms with Crippen molar-refractivity contribution >= 4 is 17.4 Å². The van der Waals surface area contributed by atoms with E-state index in [-0.39, 0.29) is 5.78 Å². The third kappa shape index (κ3) is 2.75. The van der Waals surface area contributed by atoms with E-state index in [9.17, 15) is 9.59 Å². The van der Waals surface area contributed by atoms with Gasteiger partial charge in [-0.1, -0.05) is 26.8 Å². The topological polar surface area (TPSA) is 49.4 Å². The van der Waals surface area contributed by atoms with E-state index in [1.54, 1.807) is 4.90 Å². The second-order valence-corrected chi connectivity index (χ2v) is 5.36. The summed E-state index contributed by atoms with van der Waals surface area (Å²) in [5, 5.41) is 3.27. The molecule has 0 saturated carbocycles.